The van der Waals surface area contributed by atoms with Gasteiger partial charge in [-0.3, -0.25) is 0 Å². The van der Waals surface area contributed by atoms with E-state index in [1.165, 1.54) is 0 Å². The van der Waals surface area contributed by atoms with Gasteiger partial charge in [0.15, 0.2) is 0 Å². The Hall–Kier alpha value is -2.21. The molecule has 0 aliphatic carbocycles. The first-order valence-corrected chi connectivity index (χ1v) is 5.81. The van der Waals surface area contributed by atoms with Crippen LogP contribution in [0.1, 0.15) is 35.5 Å². The topological polar surface area (TPSA) is 39.4 Å². The fourth-order valence-electron chi connectivity index (χ4n) is 1.93. The van der Waals surface area contributed by atoms with E-state index in [-0.39, 0.29) is 5.76 Å². The van der Waals surface area contributed by atoms with Crippen LogP contribution in [-0.4, -0.2) is 12.6 Å². The summed E-state index contributed by atoms with van der Waals surface area (Å²) in [5, 5.41) is 0.884. The summed E-state index contributed by atoms with van der Waals surface area (Å²) in [4.78, 5) is 11.8. The number of benzene rings is 1. The van der Waals surface area contributed by atoms with Crippen LogP contribution >= 0.6 is 0 Å². The minimum Gasteiger partial charge on any atom is -0.460 e. The van der Waals surface area contributed by atoms with Gasteiger partial charge in [0, 0.05) is 16.5 Å². The molecule has 1 heterocycles. The van der Waals surface area contributed by atoms with E-state index in [0.29, 0.717) is 12.2 Å². The fraction of sp³-hybridized carbons (Fsp3) is 0.267. The molecule has 0 saturated heterocycles. The number of aryl methyl sites for hydroxylation is 1. The van der Waals surface area contributed by atoms with Crippen molar-refractivity contribution < 1.29 is 13.9 Å². The minimum atomic E-state index is -0.429. The van der Waals surface area contributed by atoms with Gasteiger partial charge in [-0.15, -0.1) is 5.92 Å². The number of rotatable bonds is 2. The molecule has 0 bridgehead atoms. The lowest BCUT2D eigenvalue weighted by Gasteiger charge is -1.98. The molecule has 1 aromatic heterocycles. The Morgan fingerprint density at radius 3 is 2.89 bits per heavy atom. The van der Waals surface area contributed by atoms with Crippen molar-refractivity contribution in [1.29, 1.82) is 0 Å². The predicted molar refractivity (Wildman–Crippen MR) is 69.5 cm³/mol. The fourth-order valence-corrected chi connectivity index (χ4v) is 1.93. The molecular formula is C15H14O3. The average molecular weight is 242 g/mol. The maximum absolute atomic E-state index is 11.8. The third kappa shape index (κ3) is 1.98. The van der Waals surface area contributed by atoms with Gasteiger partial charge in [-0.05, 0) is 32.9 Å². The molecule has 0 aliphatic rings. The molecule has 0 aliphatic heterocycles. The summed E-state index contributed by atoms with van der Waals surface area (Å²) in [7, 11) is 0. The smallest absolute Gasteiger partial charge is 0.374 e. The number of hydrogen-bond donors (Lipinski definition) is 0. The van der Waals surface area contributed by atoms with Crippen molar-refractivity contribution in [2.45, 2.75) is 20.8 Å². The minimum absolute atomic E-state index is 0.261. The summed E-state index contributed by atoms with van der Waals surface area (Å²) in [5.74, 6) is 5.70. The summed E-state index contributed by atoms with van der Waals surface area (Å²) >= 11 is 0. The van der Waals surface area contributed by atoms with Crippen molar-refractivity contribution in [2.24, 2.45) is 0 Å². The van der Waals surface area contributed by atoms with Crippen LogP contribution in [0, 0.1) is 18.8 Å². The molecule has 18 heavy (non-hydrogen) atoms. The zero-order valence-corrected chi connectivity index (χ0v) is 10.7. The van der Waals surface area contributed by atoms with Crippen molar-refractivity contribution in [1.82, 2.24) is 0 Å². The van der Waals surface area contributed by atoms with Crippen molar-refractivity contribution >= 4 is 16.9 Å². The molecule has 1 aromatic carbocycles. The van der Waals surface area contributed by atoms with Gasteiger partial charge in [0.25, 0.3) is 0 Å². The van der Waals surface area contributed by atoms with Gasteiger partial charge in [-0.25, -0.2) is 4.79 Å². The van der Waals surface area contributed by atoms with E-state index in [1.807, 2.05) is 25.1 Å². The zero-order chi connectivity index (χ0) is 13.1. The molecule has 0 unspecified atom stereocenters. The van der Waals surface area contributed by atoms with Gasteiger partial charge < -0.3 is 9.15 Å². The first kappa shape index (κ1) is 12.3. The highest BCUT2D eigenvalue weighted by atomic mass is 16.5. The molecule has 0 N–H and O–H groups in total. The number of furan rings is 1. The van der Waals surface area contributed by atoms with E-state index >= 15 is 0 Å². The second kappa shape index (κ2) is 4.97. The number of esters is 1. The second-order valence-corrected chi connectivity index (χ2v) is 3.83. The second-order valence-electron chi connectivity index (χ2n) is 3.83. The van der Waals surface area contributed by atoms with E-state index in [9.17, 15) is 4.79 Å². The number of fused-ring (bicyclic) bond motifs is 1. The Kier molecular flexibility index (Phi) is 3.38. The van der Waals surface area contributed by atoms with Crippen LogP contribution in [-0.2, 0) is 4.74 Å². The van der Waals surface area contributed by atoms with Crippen molar-refractivity contribution in [3.05, 3.63) is 35.1 Å². The maximum Gasteiger partial charge on any atom is 0.374 e. The van der Waals surface area contributed by atoms with Crippen LogP contribution in [0.15, 0.2) is 22.6 Å². The summed E-state index contributed by atoms with van der Waals surface area (Å²) in [6.07, 6.45) is 0. The molecule has 0 radical (unpaired) electrons. The number of ether oxygens (including phenoxy) is 1. The van der Waals surface area contributed by atoms with Crippen LogP contribution < -0.4 is 0 Å². The quantitative estimate of drug-likeness (QED) is 0.599. The Bertz CT molecular complexity index is 653. The summed E-state index contributed by atoms with van der Waals surface area (Å²) < 4.78 is 10.5. The average Bonchev–Trinajstić information content (AvgIpc) is 2.69. The van der Waals surface area contributed by atoms with E-state index < -0.39 is 5.97 Å². The van der Waals surface area contributed by atoms with E-state index in [2.05, 4.69) is 11.8 Å². The van der Waals surface area contributed by atoms with E-state index in [1.54, 1.807) is 13.8 Å². The van der Waals surface area contributed by atoms with Gasteiger partial charge in [0.1, 0.15) is 5.58 Å². The highest BCUT2D eigenvalue weighted by molar-refractivity contribution is 5.98. The van der Waals surface area contributed by atoms with Crippen LogP contribution in [0.5, 0.6) is 0 Å². The summed E-state index contributed by atoms with van der Waals surface area (Å²) in [5.41, 5.74) is 2.31. The molecule has 3 nitrogen and oxygen atoms in total. The number of hydrogen-bond acceptors (Lipinski definition) is 3. The normalized spacial score (nSPS) is 9.94. The monoisotopic (exact) mass is 242 g/mol. The summed E-state index contributed by atoms with van der Waals surface area (Å²) in [6, 6.07) is 5.60. The Labute approximate surface area is 106 Å². The lowest BCUT2D eigenvalue weighted by molar-refractivity contribution is 0.0491. The maximum atomic E-state index is 11.8. The summed E-state index contributed by atoms with van der Waals surface area (Å²) in [6.45, 7) is 5.72. The van der Waals surface area contributed by atoms with Crippen molar-refractivity contribution in [3.63, 3.8) is 0 Å². The van der Waals surface area contributed by atoms with E-state index in [0.717, 1.165) is 16.5 Å². The van der Waals surface area contributed by atoms with Crippen LogP contribution in [0.2, 0.25) is 0 Å². The number of carbonyl (C=O) groups is 1. The highest BCUT2D eigenvalue weighted by Gasteiger charge is 2.19. The van der Waals surface area contributed by atoms with Crippen LogP contribution in [0.3, 0.4) is 0 Å². The van der Waals surface area contributed by atoms with Crippen molar-refractivity contribution in [3.8, 4) is 11.8 Å². The first-order valence-electron chi connectivity index (χ1n) is 5.81. The molecular weight excluding hydrogens is 228 g/mol. The SMILES string of the molecule is CC#Cc1cccc2oc(C(=O)OCC)c(C)c12. The first-order chi connectivity index (χ1) is 8.69. The molecule has 0 amide bonds. The molecule has 0 fully saturated rings. The van der Waals surface area contributed by atoms with E-state index in [4.69, 9.17) is 9.15 Å². The van der Waals surface area contributed by atoms with Crippen LogP contribution in [0.4, 0.5) is 0 Å². The van der Waals surface area contributed by atoms with Gasteiger partial charge in [-0.1, -0.05) is 12.0 Å². The third-order valence-electron chi connectivity index (χ3n) is 2.67. The van der Waals surface area contributed by atoms with Gasteiger partial charge >= 0.3 is 5.97 Å². The van der Waals surface area contributed by atoms with Gasteiger partial charge in [0.05, 0.1) is 6.61 Å². The Morgan fingerprint density at radius 2 is 2.22 bits per heavy atom. The lowest BCUT2D eigenvalue weighted by atomic mass is 10.1. The van der Waals surface area contributed by atoms with Crippen molar-refractivity contribution in [2.75, 3.05) is 6.61 Å². The Balaban J connectivity index is 2.65. The Morgan fingerprint density at radius 1 is 1.44 bits per heavy atom. The highest BCUT2D eigenvalue weighted by Crippen LogP contribution is 2.28. The number of carbonyl (C=O) groups excluding carboxylic acids is 1. The molecule has 0 spiro atoms. The largest absolute Gasteiger partial charge is 0.460 e. The molecule has 0 saturated carbocycles. The molecule has 3 heteroatoms. The zero-order valence-electron chi connectivity index (χ0n) is 10.7. The molecule has 2 aromatic rings. The van der Waals surface area contributed by atoms with Gasteiger partial charge in [0.2, 0.25) is 5.76 Å². The molecule has 0 atom stereocenters. The standard InChI is InChI=1S/C15H14O3/c1-4-7-11-8-6-9-12-13(11)10(3)14(18-12)15(16)17-5-2/h6,8-9H,5H2,1-3H3. The molecule has 92 valence electrons. The third-order valence-corrected chi connectivity index (χ3v) is 2.67. The van der Waals surface area contributed by atoms with Gasteiger partial charge in [-0.2, -0.15) is 0 Å². The predicted octanol–water partition coefficient (Wildman–Crippen LogP) is 3.29. The lowest BCUT2D eigenvalue weighted by Crippen LogP contribution is -2.04. The molecule has 2 rings (SSSR count). The van der Waals surface area contributed by atoms with Crippen LogP contribution in [0.25, 0.3) is 11.0 Å².